The fraction of sp³-hybridized carbons (Fsp3) is 0.733. The molecule has 22 heavy (non-hydrogen) atoms. The summed E-state index contributed by atoms with van der Waals surface area (Å²) in [7, 11) is 1.87. The van der Waals surface area contributed by atoms with Crippen LogP contribution in [0.15, 0.2) is 23.5 Å². The molecule has 0 radical (unpaired) electrons. The van der Waals surface area contributed by atoms with Crippen molar-refractivity contribution in [1.29, 1.82) is 0 Å². The molecule has 3 fully saturated rings. The van der Waals surface area contributed by atoms with Crippen molar-refractivity contribution in [2.45, 2.75) is 31.6 Å². The number of likely N-dealkylation sites (tertiary alicyclic amines) is 1. The second-order valence-electron chi connectivity index (χ2n) is 6.27. The van der Waals surface area contributed by atoms with Gasteiger partial charge < -0.3 is 15.0 Å². The van der Waals surface area contributed by atoms with Crippen LogP contribution in [-0.4, -0.2) is 59.5 Å². The zero-order valence-electron chi connectivity index (χ0n) is 12.9. The molecule has 6 nitrogen and oxygen atoms in total. The van der Waals surface area contributed by atoms with Gasteiger partial charge in [-0.05, 0) is 18.9 Å². The molecule has 1 N–H and O–H groups in total. The zero-order valence-corrected chi connectivity index (χ0v) is 15.2. The van der Waals surface area contributed by atoms with E-state index in [1.807, 2.05) is 30.2 Å². The summed E-state index contributed by atoms with van der Waals surface area (Å²) in [5.41, 5.74) is 0. The van der Waals surface area contributed by atoms with Gasteiger partial charge in [-0.25, -0.2) is 0 Å². The molecular weight excluding hydrogens is 393 g/mol. The van der Waals surface area contributed by atoms with Gasteiger partial charge in [-0.1, -0.05) is 0 Å². The average molecular weight is 417 g/mol. The van der Waals surface area contributed by atoms with Crippen LogP contribution in [0.4, 0.5) is 0 Å². The van der Waals surface area contributed by atoms with E-state index >= 15 is 0 Å². The molecule has 4 rings (SSSR count). The molecule has 0 amide bonds. The van der Waals surface area contributed by atoms with Crippen LogP contribution in [-0.2, 0) is 11.3 Å². The van der Waals surface area contributed by atoms with Crippen LogP contribution < -0.4 is 5.32 Å². The zero-order chi connectivity index (χ0) is 14.2. The Hall–Kier alpha value is -0.830. The molecule has 3 aliphatic heterocycles. The van der Waals surface area contributed by atoms with Crippen molar-refractivity contribution in [1.82, 2.24) is 20.0 Å². The summed E-state index contributed by atoms with van der Waals surface area (Å²) in [6.07, 6.45) is 7.32. The molecule has 0 spiro atoms. The summed E-state index contributed by atoms with van der Waals surface area (Å²) in [5, 5.41) is 7.68. The van der Waals surface area contributed by atoms with Gasteiger partial charge in [-0.3, -0.25) is 9.67 Å². The number of guanidine groups is 1. The van der Waals surface area contributed by atoms with Gasteiger partial charge in [0.2, 0.25) is 0 Å². The van der Waals surface area contributed by atoms with E-state index in [1.165, 1.54) is 12.8 Å². The van der Waals surface area contributed by atoms with Crippen molar-refractivity contribution < 1.29 is 4.74 Å². The normalized spacial score (nSPS) is 33.0. The van der Waals surface area contributed by atoms with Gasteiger partial charge in [0.15, 0.2) is 5.96 Å². The number of hydrogen-bond donors (Lipinski definition) is 1. The van der Waals surface area contributed by atoms with Crippen LogP contribution in [0, 0.1) is 11.8 Å². The van der Waals surface area contributed by atoms with E-state index in [9.17, 15) is 0 Å². The molecule has 4 heterocycles. The van der Waals surface area contributed by atoms with Crippen molar-refractivity contribution >= 4 is 29.9 Å². The second kappa shape index (κ2) is 6.74. The molecule has 4 unspecified atom stereocenters. The van der Waals surface area contributed by atoms with Crippen LogP contribution in [0.5, 0.6) is 0 Å². The quantitative estimate of drug-likeness (QED) is 0.456. The first kappa shape index (κ1) is 16.0. The number of ether oxygens (including phenoxy) is 1. The van der Waals surface area contributed by atoms with Gasteiger partial charge in [-0.15, -0.1) is 24.0 Å². The fourth-order valence-corrected chi connectivity index (χ4v) is 4.18. The average Bonchev–Trinajstić information content (AvgIpc) is 3.25. The monoisotopic (exact) mass is 417 g/mol. The lowest BCUT2D eigenvalue weighted by Crippen LogP contribution is -2.42. The first-order chi connectivity index (χ1) is 10.3. The Labute approximate surface area is 148 Å². The number of nitrogens with one attached hydrogen (secondary N) is 1. The molecular formula is C15H24IN5O. The SMILES string of the molecule is CN=C(NCCn1cccn1)N1CC2C3CCC(O3)C2C1.I. The third kappa shape index (κ3) is 2.84. The van der Waals surface area contributed by atoms with Gasteiger partial charge in [-0.2, -0.15) is 5.10 Å². The van der Waals surface area contributed by atoms with Gasteiger partial charge >= 0.3 is 0 Å². The highest BCUT2D eigenvalue weighted by Gasteiger charge is 2.53. The Morgan fingerprint density at radius 2 is 2.05 bits per heavy atom. The maximum atomic E-state index is 6.03. The Balaban J connectivity index is 0.00000144. The lowest BCUT2D eigenvalue weighted by Gasteiger charge is -2.23. The lowest BCUT2D eigenvalue weighted by atomic mass is 9.82. The smallest absolute Gasteiger partial charge is 0.193 e. The topological polar surface area (TPSA) is 54.7 Å². The van der Waals surface area contributed by atoms with Crippen molar-refractivity contribution in [2.24, 2.45) is 16.8 Å². The molecule has 3 aliphatic rings. The first-order valence-electron chi connectivity index (χ1n) is 7.93. The number of rotatable bonds is 3. The van der Waals surface area contributed by atoms with Gasteiger partial charge in [0, 0.05) is 50.9 Å². The highest BCUT2D eigenvalue weighted by Crippen LogP contribution is 2.47. The first-order valence-corrected chi connectivity index (χ1v) is 7.93. The number of halogens is 1. The Kier molecular flexibility index (Phi) is 4.91. The minimum atomic E-state index is 0. The molecule has 0 aliphatic carbocycles. The van der Waals surface area contributed by atoms with E-state index < -0.39 is 0 Å². The van der Waals surface area contributed by atoms with Gasteiger partial charge in [0.1, 0.15) is 0 Å². The summed E-state index contributed by atoms with van der Waals surface area (Å²) < 4.78 is 7.97. The molecule has 3 saturated heterocycles. The number of aromatic nitrogens is 2. The van der Waals surface area contributed by atoms with Gasteiger partial charge in [0.25, 0.3) is 0 Å². The van der Waals surface area contributed by atoms with E-state index in [2.05, 4.69) is 20.3 Å². The maximum Gasteiger partial charge on any atom is 0.193 e. The maximum absolute atomic E-state index is 6.03. The lowest BCUT2D eigenvalue weighted by molar-refractivity contribution is 0.0767. The van der Waals surface area contributed by atoms with E-state index in [4.69, 9.17) is 4.74 Å². The van der Waals surface area contributed by atoms with Crippen LogP contribution in [0.25, 0.3) is 0 Å². The van der Waals surface area contributed by atoms with Crippen LogP contribution in [0.1, 0.15) is 12.8 Å². The van der Waals surface area contributed by atoms with E-state index in [-0.39, 0.29) is 24.0 Å². The Morgan fingerprint density at radius 1 is 1.32 bits per heavy atom. The third-order valence-corrected chi connectivity index (χ3v) is 5.15. The fourth-order valence-electron chi connectivity index (χ4n) is 4.18. The number of aliphatic imine (C=N–C) groups is 1. The largest absolute Gasteiger partial charge is 0.374 e. The molecule has 7 heteroatoms. The molecule has 1 aromatic heterocycles. The highest BCUT2D eigenvalue weighted by molar-refractivity contribution is 14.0. The minimum absolute atomic E-state index is 0. The third-order valence-electron chi connectivity index (χ3n) is 5.15. The molecule has 0 saturated carbocycles. The van der Waals surface area contributed by atoms with Crippen molar-refractivity contribution in [2.75, 3.05) is 26.7 Å². The highest BCUT2D eigenvalue weighted by atomic mass is 127. The number of nitrogens with zero attached hydrogens (tertiary/aromatic N) is 4. The van der Waals surface area contributed by atoms with Crippen LogP contribution in [0.3, 0.4) is 0 Å². The van der Waals surface area contributed by atoms with E-state index in [0.29, 0.717) is 24.0 Å². The Bertz CT molecular complexity index is 502. The predicted octanol–water partition coefficient (Wildman–Crippen LogP) is 1.19. The molecule has 1 aromatic rings. The summed E-state index contributed by atoms with van der Waals surface area (Å²) in [4.78, 5) is 6.86. The van der Waals surface area contributed by atoms with Gasteiger partial charge in [0.05, 0.1) is 18.8 Å². The number of fused-ring (bicyclic) bond motifs is 5. The van der Waals surface area contributed by atoms with Crippen molar-refractivity contribution in [3.05, 3.63) is 18.5 Å². The molecule has 2 bridgehead atoms. The summed E-state index contributed by atoms with van der Waals surface area (Å²) in [5.74, 6) is 2.46. The summed E-state index contributed by atoms with van der Waals surface area (Å²) >= 11 is 0. The van der Waals surface area contributed by atoms with E-state index in [0.717, 1.165) is 32.1 Å². The van der Waals surface area contributed by atoms with Crippen molar-refractivity contribution in [3.63, 3.8) is 0 Å². The molecule has 122 valence electrons. The van der Waals surface area contributed by atoms with Crippen molar-refractivity contribution in [3.8, 4) is 0 Å². The predicted molar refractivity (Wildman–Crippen MR) is 95.5 cm³/mol. The minimum Gasteiger partial charge on any atom is -0.374 e. The standard InChI is InChI=1S/C15H23N5O.HI/c1-16-15(17-6-8-20-7-2-5-18-20)19-9-11-12(10-19)14-4-3-13(11)21-14;/h2,5,7,11-14H,3-4,6,8-10H2,1H3,(H,16,17);1H. The van der Waals surface area contributed by atoms with Crippen LogP contribution in [0.2, 0.25) is 0 Å². The second-order valence-corrected chi connectivity index (χ2v) is 6.27. The number of hydrogen-bond acceptors (Lipinski definition) is 3. The summed E-state index contributed by atoms with van der Waals surface area (Å²) in [6, 6.07) is 1.95. The van der Waals surface area contributed by atoms with E-state index in [1.54, 1.807) is 0 Å². The molecule has 0 aromatic carbocycles. The Morgan fingerprint density at radius 3 is 2.64 bits per heavy atom. The molecule has 4 atom stereocenters. The summed E-state index contributed by atoms with van der Waals surface area (Å²) in [6.45, 7) is 3.89. The van der Waals surface area contributed by atoms with Crippen LogP contribution >= 0.6 is 24.0 Å².